The first-order valence-electron chi connectivity index (χ1n) is 8.53. The zero-order chi connectivity index (χ0) is 18.5. The van der Waals surface area contributed by atoms with Gasteiger partial charge in [0.2, 0.25) is 11.8 Å². The lowest BCUT2D eigenvalue weighted by Gasteiger charge is -2.25. The third kappa shape index (κ3) is 4.58. The van der Waals surface area contributed by atoms with E-state index in [1.54, 1.807) is 11.9 Å². The van der Waals surface area contributed by atoms with Crippen LogP contribution in [0.2, 0.25) is 0 Å². The van der Waals surface area contributed by atoms with Crippen LogP contribution in [0.4, 0.5) is 5.69 Å². The van der Waals surface area contributed by atoms with Crippen molar-refractivity contribution in [2.45, 2.75) is 23.5 Å². The second-order valence-electron chi connectivity index (χ2n) is 6.27. The molecule has 0 radical (unpaired) electrons. The average molecular weight is 370 g/mol. The second kappa shape index (κ2) is 8.27. The number of fused-ring (bicyclic) bond motifs is 1. The maximum atomic E-state index is 12.4. The number of aryl methyl sites for hydroxylation is 1. The van der Waals surface area contributed by atoms with E-state index in [0.29, 0.717) is 13.2 Å². The fraction of sp³-hybridized carbons (Fsp3) is 0.300. The first-order chi connectivity index (χ1) is 12.5. The van der Waals surface area contributed by atoms with Gasteiger partial charge in [-0.05, 0) is 31.2 Å². The summed E-state index contributed by atoms with van der Waals surface area (Å²) in [6.07, 6.45) is 0.172. The minimum Gasteiger partial charge on any atom is -0.492 e. The molecular weight excluding hydrogens is 348 g/mol. The SMILES string of the molecule is Cc1ccc(OCCN(C)C(=O)CC2Sc3ccccc3NC2=O)cc1. The highest BCUT2D eigenvalue weighted by atomic mass is 32.2. The number of benzene rings is 2. The summed E-state index contributed by atoms with van der Waals surface area (Å²) in [6, 6.07) is 15.4. The zero-order valence-corrected chi connectivity index (χ0v) is 15.7. The predicted molar refractivity (Wildman–Crippen MR) is 104 cm³/mol. The van der Waals surface area contributed by atoms with Gasteiger partial charge in [-0.1, -0.05) is 29.8 Å². The highest BCUT2D eigenvalue weighted by Crippen LogP contribution is 2.36. The predicted octanol–water partition coefficient (Wildman–Crippen LogP) is 3.34. The molecule has 2 aromatic rings. The van der Waals surface area contributed by atoms with Crippen LogP contribution in [-0.4, -0.2) is 42.2 Å². The smallest absolute Gasteiger partial charge is 0.238 e. The van der Waals surface area contributed by atoms with Gasteiger partial charge in [-0.3, -0.25) is 9.59 Å². The number of rotatable bonds is 6. The molecule has 1 N–H and O–H groups in total. The minimum atomic E-state index is -0.405. The van der Waals surface area contributed by atoms with Crippen molar-refractivity contribution in [3.63, 3.8) is 0 Å². The maximum Gasteiger partial charge on any atom is 0.238 e. The number of ether oxygens (including phenoxy) is 1. The van der Waals surface area contributed by atoms with Crippen LogP contribution in [0.5, 0.6) is 5.75 Å². The number of carbonyl (C=O) groups excluding carboxylic acids is 2. The number of hydrogen-bond acceptors (Lipinski definition) is 4. The number of nitrogens with zero attached hydrogens (tertiary/aromatic N) is 1. The molecule has 26 heavy (non-hydrogen) atoms. The van der Waals surface area contributed by atoms with Gasteiger partial charge in [0, 0.05) is 18.4 Å². The normalized spacial score (nSPS) is 15.8. The van der Waals surface area contributed by atoms with Crippen molar-refractivity contribution in [1.29, 1.82) is 0 Å². The van der Waals surface area contributed by atoms with Crippen molar-refractivity contribution >= 4 is 29.3 Å². The molecule has 1 aliphatic heterocycles. The van der Waals surface area contributed by atoms with Crippen molar-refractivity contribution in [3.8, 4) is 5.75 Å². The summed E-state index contributed by atoms with van der Waals surface area (Å²) < 4.78 is 5.66. The Balaban J connectivity index is 1.48. The molecule has 1 aliphatic rings. The molecule has 0 saturated heterocycles. The van der Waals surface area contributed by atoms with Gasteiger partial charge >= 0.3 is 0 Å². The molecule has 2 aromatic carbocycles. The molecule has 0 bridgehead atoms. The summed E-state index contributed by atoms with van der Waals surface area (Å²) in [5.41, 5.74) is 1.99. The zero-order valence-electron chi connectivity index (χ0n) is 14.9. The molecule has 136 valence electrons. The van der Waals surface area contributed by atoms with Crippen molar-refractivity contribution in [1.82, 2.24) is 4.90 Å². The summed E-state index contributed by atoms with van der Waals surface area (Å²) in [4.78, 5) is 27.3. The van der Waals surface area contributed by atoms with Crippen LogP contribution in [0.1, 0.15) is 12.0 Å². The van der Waals surface area contributed by atoms with Crippen molar-refractivity contribution in [2.75, 3.05) is 25.5 Å². The molecule has 1 heterocycles. The van der Waals surface area contributed by atoms with Gasteiger partial charge in [-0.15, -0.1) is 11.8 Å². The summed E-state index contributed by atoms with van der Waals surface area (Å²) in [5.74, 6) is 0.603. The van der Waals surface area contributed by atoms with Crippen molar-refractivity contribution in [3.05, 3.63) is 54.1 Å². The second-order valence-corrected chi connectivity index (χ2v) is 7.52. The molecule has 2 amide bonds. The van der Waals surface area contributed by atoms with Crippen LogP contribution in [0.25, 0.3) is 0 Å². The molecule has 0 saturated carbocycles. The Labute approximate surface area is 157 Å². The van der Waals surface area contributed by atoms with E-state index in [9.17, 15) is 9.59 Å². The van der Waals surface area contributed by atoms with E-state index in [-0.39, 0.29) is 18.2 Å². The molecular formula is C20H22N2O3S. The quantitative estimate of drug-likeness (QED) is 0.847. The number of nitrogens with one attached hydrogen (secondary N) is 1. The van der Waals surface area contributed by atoms with E-state index in [2.05, 4.69) is 5.32 Å². The highest BCUT2D eigenvalue weighted by Gasteiger charge is 2.29. The number of thioether (sulfide) groups is 1. The Hall–Kier alpha value is -2.47. The third-order valence-electron chi connectivity index (χ3n) is 4.21. The van der Waals surface area contributed by atoms with Crippen LogP contribution < -0.4 is 10.1 Å². The molecule has 6 heteroatoms. The Morgan fingerprint density at radius 1 is 1.19 bits per heavy atom. The van der Waals surface area contributed by atoms with E-state index in [1.165, 1.54) is 17.3 Å². The number of anilines is 1. The summed E-state index contributed by atoms with van der Waals surface area (Å²) in [7, 11) is 1.74. The number of carbonyl (C=O) groups is 2. The first kappa shape index (κ1) is 18.3. The Kier molecular flexibility index (Phi) is 5.83. The molecule has 1 atom stereocenters. The molecule has 0 spiro atoms. The number of para-hydroxylation sites is 1. The Morgan fingerprint density at radius 2 is 1.92 bits per heavy atom. The Bertz CT molecular complexity index is 792. The van der Waals surface area contributed by atoms with Gasteiger partial charge in [0.1, 0.15) is 12.4 Å². The lowest BCUT2D eigenvalue weighted by Crippen LogP contribution is -2.37. The van der Waals surface area contributed by atoms with E-state index in [1.807, 2.05) is 55.5 Å². The molecule has 3 rings (SSSR count). The van der Waals surface area contributed by atoms with Crippen molar-refractivity contribution < 1.29 is 14.3 Å². The van der Waals surface area contributed by atoms with Gasteiger partial charge in [-0.2, -0.15) is 0 Å². The van der Waals surface area contributed by atoms with E-state index >= 15 is 0 Å². The van der Waals surface area contributed by atoms with Crippen molar-refractivity contribution in [2.24, 2.45) is 0 Å². The molecule has 1 unspecified atom stereocenters. The van der Waals surface area contributed by atoms with E-state index in [0.717, 1.165) is 16.3 Å². The summed E-state index contributed by atoms with van der Waals surface area (Å²) >= 11 is 1.44. The average Bonchev–Trinajstić information content (AvgIpc) is 2.63. The highest BCUT2D eigenvalue weighted by molar-refractivity contribution is 8.01. The standard InChI is InChI=1S/C20H22N2O3S/c1-14-7-9-15(10-8-14)25-12-11-22(2)19(23)13-18-20(24)21-16-5-3-4-6-17(16)26-18/h3-10,18H,11-13H2,1-2H3,(H,21,24). The van der Waals surface area contributed by atoms with Crippen LogP contribution in [0.3, 0.4) is 0 Å². The summed E-state index contributed by atoms with van der Waals surface area (Å²) in [6.45, 7) is 2.91. The number of likely N-dealkylation sites (N-methyl/N-ethyl adjacent to an activating group) is 1. The van der Waals surface area contributed by atoms with E-state index < -0.39 is 5.25 Å². The van der Waals surface area contributed by atoms with Crippen LogP contribution in [0.15, 0.2) is 53.4 Å². The first-order valence-corrected chi connectivity index (χ1v) is 9.41. The fourth-order valence-electron chi connectivity index (χ4n) is 2.60. The number of amides is 2. The van der Waals surface area contributed by atoms with Gasteiger partial charge in [-0.25, -0.2) is 0 Å². The molecule has 0 aromatic heterocycles. The largest absolute Gasteiger partial charge is 0.492 e. The van der Waals surface area contributed by atoms with E-state index in [4.69, 9.17) is 4.74 Å². The maximum absolute atomic E-state index is 12.4. The molecule has 5 nitrogen and oxygen atoms in total. The summed E-state index contributed by atoms with van der Waals surface area (Å²) in [5, 5.41) is 2.46. The van der Waals surface area contributed by atoms with Crippen LogP contribution >= 0.6 is 11.8 Å². The van der Waals surface area contributed by atoms with Gasteiger partial charge in [0.05, 0.1) is 17.5 Å². The monoisotopic (exact) mass is 370 g/mol. The molecule has 0 fully saturated rings. The van der Waals surface area contributed by atoms with Gasteiger partial charge in [0.25, 0.3) is 0 Å². The number of hydrogen-bond donors (Lipinski definition) is 1. The minimum absolute atomic E-state index is 0.0652. The van der Waals surface area contributed by atoms with Gasteiger partial charge < -0.3 is 15.0 Å². The lowest BCUT2D eigenvalue weighted by atomic mass is 10.2. The molecule has 0 aliphatic carbocycles. The third-order valence-corrected chi connectivity index (χ3v) is 5.48. The van der Waals surface area contributed by atoms with Crippen LogP contribution in [-0.2, 0) is 9.59 Å². The topological polar surface area (TPSA) is 58.6 Å². The fourth-order valence-corrected chi connectivity index (χ4v) is 3.70. The van der Waals surface area contributed by atoms with Gasteiger partial charge in [0.15, 0.2) is 0 Å². The van der Waals surface area contributed by atoms with Crippen LogP contribution in [0, 0.1) is 6.92 Å². The lowest BCUT2D eigenvalue weighted by molar-refractivity contribution is -0.131. The Morgan fingerprint density at radius 3 is 2.69 bits per heavy atom.